The minimum atomic E-state index is -4.06. The van der Waals surface area contributed by atoms with Crippen LogP contribution in [0.4, 0.5) is 13.2 Å². The van der Waals surface area contributed by atoms with E-state index in [1.54, 1.807) is 0 Å². The van der Waals surface area contributed by atoms with Crippen LogP contribution in [0.2, 0.25) is 0 Å². The van der Waals surface area contributed by atoms with Crippen LogP contribution in [0.1, 0.15) is 19.8 Å². The van der Waals surface area contributed by atoms with Crippen LogP contribution in [0, 0.1) is 0 Å². The topological polar surface area (TPSA) is 15.3 Å². The Balaban J connectivity index is 2.36. The zero-order valence-corrected chi connectivity index (χ0v) is 8.40. The third-order valence-corrected chi connectivity index (χ3v) is 2.43. The molecule has 0 radical (unpaired) electrons. The second-order valence-corrected chi connectivity index (χ2v) is 3.89. The lowest BCUT2D eigenvalue weighted by atomic mass is 10.2. The number of rotatable bonds is 1. The number of nitrogens with zero attached hydrogens (tertiary/aromatic N) is 1. The summed E-state index contributed by atoms with van der Waals surface area (Å²) in [5.41, 5.74) is 0. The van der Waals surface area contributed by atoms with Gasteiger partial charge in [-0.15, -0.1) is 0 Å². The summed E-state index contributed by atoms with van der Waals surface area (Å²) >= 11 is 0. The van der Waals surface area contributed by atoms with Gasteiger partial charge in [-0.25, -0.2) is 0 Å². The lowest BCUT2D eigenvalue weighted by Crippen LogP contribution is -2.42. The Hall–Kier alpha value is -0.290. The number of halogens is 3. The molecule has 1 unspecified atom stereocenters. The molecule has 0 spiro atoms. The normalized spacial score (nSPS) is 27.0. The first kappa shape index (κ1) is 11.8. The van der Waals surface area contributed by atoms with E-state index < -0.39 is 12.7 Å². The van der Waals surface area contributed by atoms with Crippen molar-refractivity contribution in [2.45, 2.75) is 32.0 Å². The predicted octanol–water partition coefficient (Wildman–Crippen LogP) is 1.62. The Morgan fingerprint density at radius 3 is 2.71 bits per heavy atom. The average Bonchev–Trinajstić information content (AvgIpc) is 2.02. The van der Waals surface area contributed by atoms with E-state index in [2.05, 4.69) is 5.32 Å². The fourth-order valence-electron chi connectivity index (χ4n) is 1.65. The fraction of sp³-hybridized carbons (Fsp3) is 1.00. The highest BCUT2D eigenvalue weighted by Gasteiger charge is 2.30. The van der Waals surface area contributed by atoms with Gasteiger partial charge < -0.3 is 5.32 Å². The van der Waals surface area contributed by atoms with E-state index in [1.807, 2.05) is 6.92 Å². The smallest absolute Gasteiger partial charge is 0.314 e. The van der Waals surface area contributed by atoms with Crippen molar-refractivity contribution in [3.63, 3.8) is 0 Å². The molecule has 2 nitrogen and oxygen atoms in total. The van der Waals surface area contributed by atoms with E-state index in [9.17, 15) is 13.2 Å². The zero-order chi connectivity index (χ0) is 10.6. The molecule has 1 aliphatic rings. The van der Waals surface area contributed by atoms with Gasteiger partial charge in [0.05, 0.1) is 6.54 Å². The molecule has 0 aromatic rings. The first-order chi connectivity index (χ1) is 6.47. The average molecular weight is 210 g/mol. The van der Waals surface area contributed by atoms with Crippen molar-refractivity contribution in [1.82, 2.24) is 10.2 Å². The van der Waals surface area contributed by atoms with E-state index >= 15 is 0 Å². The number of nitrogens with one attached hydrogen (secondary N) is 1. The molecule has 14 heavy (non-hydrogen) atoms. The largest absolute Gasteiger partial charge is 0.401 e. The molecule has 0 bridgehead atoms. The van der Waals surface area contributed by atoms with Crippen LogP contribution < -0.4 is 5.32 Å². The third-order valence-electron chi connectivity index (χ3n) is 2.43. The fourth-order valence-corrected chi connectivity index (χ4v) is 1.65. The first-order valence-corrected chi connectivity index (χ1v) is 5.00. The van der Waals surface area contributed by atoms with Crippen molar-refractivity contribution in [1.29, 1.82) is 0 Å². The van der Waals surface area contributed by atoms with E-state index in [1.165, 1.54) is 4.90 Å². The monoisotopic (exact) mass is 210 g/mol. The molecule has 1 rings (SSSR count). The Labute approximate surface area is 82.5 Å². The zero-order valence-electron chi connectivity index (χ0n) is 8.40. The van der Waals surface area contributed by atoms with Gasteiger partial charge in [0.2, 0.25) is 0 Å². The van der Waals surface area contributed by atoms with Gasteiger partial charge in [0.15, 0.2) is 0 Å². The molecule has 1 aliphatic heterocycles. The molecule has 0 saturated carbocycles. The number of hydrogen-bond donors (Lipinski definition) is 1. The van der Waals surface area contributed by atoms with Gasteiger partial charge in [0, 0.05) is 6.04 Å². The highest BCUT2D eigenvalue weighted by Crippen LogP contribution is 2.17. The van der Waals surface area contributed by atoms with Crippen LogP contribution in [0.15, 0.2) is 0 Å². The van der Waals surface area contributed by atoms with E-state index in [-0.39, 0.29) is 0 Å². The second kappa shape index (κ2) is 4.98. The Kier molecular flexibility index (Phi) is 4.19. The van der Waals surface area contributed by atoms with Crippen LogP contribution in [0.25, 0.3) is 0 Å². The van der Waals surface area contributed by atoms with Gasteiger partial charge in [0.25, 0.3) is 0 Å². The van der Waals surface area contributed by atoms with Gasteiger partial charge in [-0.1, -0.05) is 0 Å². The maximum atomic E-state index is 12.1. The summed E-state index contributed by atoms with van der Waals surface area (Å²) < 4.78 is 36.3. The summed E-state index contributed by atoms with van der Waals surface area (Å²) in [6, 6.07) is 0.325. The number of hydrogen-bond acceptors (Lipinski definition) is 2. The molecular weight excluding hydrogens is 193 g/mol. The van der Waals surface area contributed by atoms with Crippen molar-refractivity contribution in [3.05, 3.63) is 0 Å². The summed E-state index contributed by atoms with van der Waals surface area (Å²) in [6.45, 7) is 3.14. The van der Waals surface area contributed by atoms with Crippen LogP contribution in [0.3, 0.4) is 0 Å². The molecule has 0 aromatic carbocycles. The van der Waals surface area contributed by atoms with Crippen LogP contribution in [-0.2, 0) is 0 Å². The van der Waals surface area contributed by atoms with E-state index in [4.69, 9.17) is 0 Å². The predicted molar refractivity (Wildman–Crippen MR) is 49.2 cm³/mol. The van der Waals surface area contributed by atoms with Crippen molar-refractivity contribution in [2.75, 3.05) is 26.2 Å². The summed E-state index contributed by atoms with van der Waals surface area (Å²) in [4.78, 5) is 1.50. The van der Waals surface area contributed by atoms with Gasteiger partial charge in [-0.05, 0) is 39.4 Å². The maximum Gasteiger partial charge on any atom is 0.401 e. The summed E-state index contributed by atoms with van der Waals surface area (Å²) in [6.07, 6.45) is -2.48. The Morgan fingerprint density at radius 2 is 2.07 bits per heavy atom. The van der Waals surface area contributed by atoms with Crippen molar-refractivity contribution in [2.24, 2.45) is 0 Å². The minimum absolute atomic E-state index is 0.325. The quantitative estimate of drug-likeness (QED) is 0.707. The van der Waals surface area contributed by atoms with Gasteiger partial charge in [-0.3, -0.25) is 4.90 Å². The Morgan fingerprint density at radius 1 is 1.36 bits per heavy atom. The van der Waals surface area contributed by atoms with Crippen molar-refractivity contribution in [3.8, 4) is 0 Å². The maximum absolute atomic E-state index is 12.1. The summed E-state index contributed by atoms with van der Waals surface area (Å²) in [5.74, 6) is 0. The molecule has 84 valence electrons. The Bertz CT molecular complexity index is 170. The SMILES string of the molecule is CC1CCN(CC(F)(F)F)CCCN1. The highest BCUT2D eigenvalue weighted by atomic mass is 19.4. The van der Waals surface area contributed by atoms with Gasteiger partial charge in [-0.2, -0.15) is 13.2 Å². The molecule has 1 saturated heterocycles. The van der Waals surface area contributed by atoms with Gasteiger partial charge >= 0.3 is 6.18 Å². The molecule has 0 aliphatic carbocycles. The first-order valence-electron chi connectivity index (χ1n) is 5.00. The van der Waals surface area contributed by atoms with Gasteiger partial charge in [0.1, 0.15) is 0 Å². The van der Waals surface area contributed by atoms with Crippen molar-refractivity contribution >= 4 is 0 Å². The van der Waals surface area contributed by atoms with Crippen LogP contribution in [-0.4, -0.2) is 43.3 Å². The summed E-state index contributed by atoms with van der Waals surface area (Å²) in [7, 11) is 0. The molecule has 0 amide bonds. The lowest BCUT2D eigenvalue weighted by molar-refractivity contribution is -0.146. The van der Waals surface area contributed by atoms with Crippen molar-refractivity contribution < 1.29 is 13.2 Å². The third kappa shape index (κ3) is 4.81. The van der Waals surface area contributed by atoms with E-state index in [0.29, 0.717) is 19.1 Å². The molecule has 5 heteroatoms. The molecule has 1 atom stereocenters. The molecule has 1 N–H and O–H groups in total. The standard InChI is InChI=1S/C9H17F3N2/c1-8-3-6-14(5-2-4-13-8)7-9(10,11)12/h8,13H,2-7H2,1H3. The number of alkyl halides is 3. The van der Waals surface area contributed by atoms with Crippen LogP contribution >= 0.6 is 0 Å². The lowest BCUT2D eigenvalue weighted by Gasteiger charge is -2.28. The molecule has 1 heterocycles. The second-order valence-electron chi connectivity index (χ2n) is 3.89. The summed E-state index contributed by atoms with van der Waals surface area (Å²) in [5, 5.41) is 3.26. The minimum Gasteiger partial charge on any atom is -0.314 e. The van der Waals surface area contributed by atoms with Crippen LogP contribution in [0.5, 0.6) is 0 Å². The highest BCUT2D eigenvalue weighted by molar-refractivity contribution is 4.71. The molecule has 1 fully saturated rings. The van der Waals surface area contributed by atoms with E-state index in [0.717, 1.165) is 19.4 Å². The molecule has 0 aromatic heterocycles. The molecular formula is C9H17F3N2.